The van der Waals surface area contributed by atoms with E-state index < -0.39 is 0 Å². The Kier molecular flexibility index (Phi) is 2.90. The molecule has 0 bridgehead atoms. The van der Waals surface area contributed by atoms with Crippen LogP contribution >= 0.6 is 0 Å². The lowest BCUT2D eigenvalue weighted by Gasteiger charge is -2.33. The molecule has 0 aromatic carbocycles. The van der Waals surface area contributed by atoms with Crippen LogP contribution in [-0.2, 0) is 4.74 Å². The van der Waals surface area contributed by atoms with E-state index in [2.05, 4.69) is 6.07 Å². The summed E-state index contributed by atoms with van der Waals surface area (Å²) in [4.78, 5) is 0. The van der Waals surface area contributed by atoms with Crippen LogP contribution in [0.25, 0.3) is 0 Å². The highest BCUT2D eigenvalue weighted by atomic mass is 16.5. The number of nitriles is 1. The van der Waals surface area contributed by atoms with Gasteiger partial charge in [-0.2, -0.15) is 5.26 Å². The summed E-state index contributed by atoms with van der Waals surface area (Å²) in [7, 11) is 1.72. The Labute approximate surface area is 68.2 Å². The zero-order valence-electron chi connectivity index (χ0n) is 7.10. The fourth-order valence-corrected chi connectivity index (χ4v) is 1.79. The number of nitrogens with zero attached hydrogens (tertiary/aromatic N) is 1. The molecule has 0 N–H and O–H groups in total. The van der Waals surface area contributed by atoms with Crippen molar-refractivity contribution in [2.75, 3.05) is 7.11 Å². The predicted octanol–water partition coefficient (Wildman–Crippen LogP) is 2.25. The molecule has 0 radical (unpaired) electrons. The second kappa shape index (κ2) is 3.73. The summed E-state index contributed by atoms with van der Waals surface area (Å²) < 4.78 is 5.40. The fraction of sp³-hybridized carbons (Fsp3) is 0.889. The first-order valence-electron chi connectivity index (χ1n) is 4.25. The molecule has 1 fully saturated rings. The average Bonchev–Trinajstić information content (AvgIpc) is 2.07. The lowest BCUT2D eigenvalue weighted by molar-refractivity contribution is -0.0351. The van der Waals surface area contributed by atoms with Gasteiger partial charge in [0, 0.05) is 7.11 Å². The summed E-state index contributed by atoms with van der Waals surface area (Å²) >= 11 is 0. The monoisotopic (exact) mass is 153 g/mol. The van der Waals surface area contributed by atoms with Crippen molar-refractivity contribution in [3.63, 3.8) is 0 Å². The Hall–Kier alpha value is -0.550. The second-order valence-electron chi connectivity index (χ2n) is 3.28. The largest absolute Gasteiger partial charge is 0.377 e. The molecule has 1 aliphatic rings. The third kappa shape index (κ3) is 1.94. The Morgan fingerprint density at radius 3 is 2.45 bits per heavy atom. The van der Waals surface area contributed by atoms with Gasteiger partial charge in [-0.15, -0.1) is 0 Å². The van der Waals surface area contributed by atoms with Gasteiger partial charge in [0.15, 0.2) is 0 Å². The summed E-state index contributed by atoms with van der Waals surface area (Å²) in [6, 6.07) is 2.20. The number of ether oxygens (including phenoxy) is 1. The van der Waals surface area contributed by atoms with E-state index in [9.17, 15) is 0 Å². The van der Waals surface area contributed by atoms with Crippen LogP contribution in [0.3, 0.4) is 0 Å². The smallest absolute Gasteiger partial charge is 0.0808 e. The highest BCUT2D eigenvalue weighted by Gasteiger charge is 2.31. The first-order chi connectivity index (χ1) is 5.33. The third-order valence-electron chi connectivity index (χ3n) is 2.60. The number of rotatable bonds is 2. The van der Waals surface area contributed by atoms with Crippen LogP contribution in [0, 0.1) is 11.3 Å². The Morgan fingerprint density at radius 1 is 1.36 bits per heavy atom. The predicted molar refractivity (Wildman–Crippen MR) is 43.1 cm³/mol. The van der Waals surface area contributed by atoms with Crippen LogP contribution in [0.5, 0.6) is 0 Å². The standard InChI is InChI=1S/C9H15NO/c1-11-9(7-8-10)5-3-2-4-6-9/h2-7H2,1H3. The van der Waals surface area contributed by atoms with Crippen LogP contribution in [0.4, 0.5) is 0 Å². The average molecular weight is 153 g/mol. The molecule has 0 amide bonds. The second-order valence-corrected chi connectivity index (χ2v) is 3.28. The molecule has 0 aromatic heterocycles. The maximum Gasteiger partial charge on any atom is 0.0808 e. The molecule has 0 heterocycles. The van der Waals surface area contributed by atoms with Crippen LogP contribution in [-0.4, -0.2) is 12.7 Å². The molecule has 1 saturated carbocycles. The van der Waals surface area contributed by atoms with Gasteiger partial charge in [-0.05, 0) is 12.8 Å². The van der Waals surface area contributed by atoms with Gasteiger partial charge in [0.25, 0.3) is 0 Å². The highest BCUT2D eigenvalue weighted by molar-refractivity contribution is 4.92. The number of methoxy groups -OCH3 is 1. The summed E-state index contributed by atoms with van der Waals surface area (Å²) in [6.45, 7) is 0. The normalized spacial score (nSPS) is 22.5. The van der Waals surface area contributed by atoms with Crippen LogP contribution in [0.1, 0.15) is 38.5 Å². The minimum Gasteiger partial charge on any atom is -0.377 e. The van der Waals surface area contributed by atoms with Crippen molar-refractivity contribution in [2.45, 2.75) is 44.1 Å². The van der Waals surface area contributed by atoms with Crippen molar-refractivity contribution in [1.29, 1.82) is 5.26 Å². The summed E-state index contributed by atoms with van der Waals surface area (Å²) in [6.07, 6.45) is 6.43. The van der Waals surface area contributed by atoms with E-state index in [0.717, 1.165) is 12.8 Å². The Morgan fingerprint density at radius 2 is 2.00 bits per heavy atom. The third-order valence-corrected chi connectivity index (χ3v) is 2.60. The molecular weight excluding hydrogens is 138 g/mol. The van der Waals surface area contributed by atoms with Crippen LogP contribution in [0.2, 0.25) is 0 Å². The van der Waals surface area contributed by atoms with Gasteiger partial charge in [0.05, 0.1) is 18.1 Å². The van der Waals surface area contributed by atoms with Crippen molar-refractivity contribution in [2.24, 2.45) is 0 Å². The topological polar surface area (TPSA) is 33.0 Å². The number of hydrogen-bond acceptors (Lipinski definition) is 2. The van der Waals surface area contributed by atoms with Crippen molar-refractivity contribution < 1.29 is 4.74 Å². The van der Waals surface area contributed by atoms with E-state index >= 15 is 0 Å². The molecule has 0 atom stereocenters. The molecule has 0 spiro atoms. The van der Waals surface area contributed by atoms with Gasteiger partial charge in [0.2, 0.25) is 0 Å². The molecule has 62 valence electrons. The van der Waals surface area contributed by atoms with Gasteiger partial charge < -0.3 is 4.74 Å². The van der Waals surface area contributed by atoms with Crippen LogP contribution in [0.15, 0.2) is 0 Å². The lowest BCUT2D eigenvalue weighted by Crippen LogP contribution is -2.33. The van der Waals surface area contributed by atoms with Crippen LogP contribution < -0.4 is 0 Å². The molecule has 0 unspecified atom stereocenters. The fourth-order valence-electron chi connectivity index (χ4n) is 1.79. The van der Waals surface area contributed by atoms with Crippen molar-refractivity contribution in [3.05, 3.63) is 0 Å². The SMILES string of the molecule is COC1(CC#N)CCCCC1. The van der Waals surface area contributed by atoms with E-state index in [1.807, 2.05) is 0 Å². The number of hydrogen-bond donors (Lipinski definition) is 0. The van der Waals surface area contributed by atoms with E-state index in [4.69, 9.17) is 10.00 Å². The van der Waals surface area contributed by atoms with Crippen molar-refractivity contribution in [3.8, 4) is 6.07 Å². The Balaban J connectivity index is 2.51. The zero-order valence-corrected chi connectivity index (χ0v) is 7.10. The van der Waals surface area contributed by atoms with Gasteiger partial charge >= 0.3 is 0 Å². The molecule has 11 heavy (non-hydrogen) atoms. The molecule has 1 aliphatic carbocycles. The zero-order chi connectivity index (χ0) is 8.16. The van der Waals surface area contributed by atoms with Crippen molar-refractivity contribution >= 4 is 0 Å². The molecule has 1 rings (SSSR count). The summed E-state index contributed by atoms with van der Waals surface area (Å²) in [5.74, 6) is 0. The van der Waals surface area contributed by atoms with E-state index in [-0.39, 0.29) is 5.60 Å². The molecular formula is C9H15NO. The first-order valence-corrected chi connectivity index (χ1v) is 4.25. The minimum atomic E-state index is -0.0903. The molecule has 0 saturated heterocycles. The Bertz CT molecular complexity index is 153. The maximum absolute atomic E-state index is 8.58. The van der Waals surface area contributed by atoms with E-state index in [0.29, 0.717) is 6.42 Å². The maximum atomic E-state index is 8.58. The highest BCUT2D eigenvalue weighted by Crippen LogP contribution is 2.33. The van der Waals surface area contributed by atoms with E-state index in [1.54, 1.807) is 7.11 Å². The summed E-state index contributed by atoms with van der Waals surface area (Å²) in [5, 5.41) is 8.58. The van der Waals surface area contributed by atoms with Gasteiger partial charge in [-0.1, -0.05) is 19.3 Å². The minimum absolute atomic E-state index is 0.0903. The first kappa shape index (κ1) is 8.55. The molecule has 2 nitrogen and oxygen atoms in total. The van der Waals surface area contributed by atoms with Gasteiger partial charge in [0.1, 0.15) is 0 Å². The van der Waals surface area contributed by atoms with Crippen molar-refractivity contribution in [1.82, 2.24) is 0 Å². The van der Waals surface area contributed by atoms with Gasteiger partial charge in [-0.25, -0.2) is 0 Å². The summed E-state index contributed by atoms with van der Waals surface area (Å²) in [5.41, 5.74) is -0.0903. The van der Waals surface area contributed by atoms with E-state index in [1.165, 1.54) is 19.3 Å². The molecule has 0 aliphatic heterocycles. The van der Waals surface area contributed by atoms with Gasteiger partial charge in [-0.3, -0.25) is 0 Å². The molecule has 0 aromatic rings. The molecule has 2 heteroatoms. The quantitative estimate of drug-likeness (QED) is 0.609. The lowest BCUT2D eigenvalue weighted by atomic mass is 9.83.